The van der Waals surface area contributed by atoms with Gasteiger partial charge in [-0.25, -0.2) is 8.42 Å². The number of rotatable bonds is 5. The Kier molecular flexibility index (Phi) is 5.27. The van der Waals surface area contributed by atoms with Crippen molar-refractivity contribution in [2.24, 2.45) is 0 Å². The SMILES string of the molecule is C#Cc1cc(CC(=O)OC)ccc1NS(=O)(=O)c1ccc(C)cc1. The second-order valence-corrected chi connectivity index (χ2v) is 6.88. The minimum Gasteiger partial charge on any atom is -0.469 e. The third kappa shape index (κ3) is 4.15. The Bertz CT molecular complexity index is 894. The normalized spacial score (nSPS) is 10.7. The van der Waals surface area contributed by atoms with Crippen LogP contribution in [0.1, 0.15) is 16.7 Å². The van der Waals surface area contributed by atoms with E-state index in [1.807, 2.05) is 6.92 Å². The van der Waals surface area contributed by atoms with Gasteiger partial charge in [-0.1, -0.05) is 29.7 Å². The highest BCUT2D eigenvalue weighted by Gasteiger charge is 2.16. The Morgan fingerprint density at radius 1 is 1.21 bits per heavy atom. The number of ether oxygens (including phenoxy) is 1. The van der Waals surface area contributed by atoms with Gasteiger partial charge in [0.05, 0.1) is 24.1 Å². The van der Waals surface area contributed by atoms with Crippen LogP contribution in [0.5, 0.6) is 0 Å². The van der Waals surface area contributed by atoms with E-state index >= 15 is 0 Å². The Morgan fingerprint density at radius 2 is 1.88 bits per heavy atom. The first-order valence-electron chi connectivity index (χ1n) is 7.11. The highest BCUT2D eigenvalue weighted by Crippen LogP contribution is 2.21. The van der Waals surface area contributed by atoms with E-state index in [4.69, 9.17) is 6.42 Å². The molecule has 0 atom stereocenters. The molecule has 1 N–H and O–H groups in total. The number of nitrogens with one attached hydrogen (secondary N) is 1. The van der Waals surface area contributed by atoms with Gasteiger partial charge in [0.15, 0.2) is 0 Å². The average molecular weight is 343 g/mol. The van der Waals surface area contributed by atoms with Crippen molar-refractivity contribution in [2.45, 2.75) is 18.2 Å². The largest absolute Gasteiger partial charge is 0.469 e. The van der Waals surface area contributed by atoms with E-state index in [9.17, 15) is 13.2 Å². The zero-order valence-corrected chi connectivity index (χ0v) is 14.2. The van der Waals surface area contributed by atoms with Gasteiger partial charge in [-0.2, -0.15) is 0 Å². The second-order valence-electron chi connectivity index (χ2n) is 5.20. The summed E-state index contributed by atoms with van der Waals surface area (Å²) in [6.07, 6.45) is 5.52. The number of benzene rings is 2. The number of sulfonamides is 1. The monoisotopic (exact) mass is 343 g/mol. The zero-order chi connectivity index (χ0) is 17.7. The molecule has 24 heavy (non-hydrogen) atoms. The first-order valence-corrected chi connectivity index (χ1v) is 8.60. The lowest BCUT2D eigenvalue weighted by molar-refractivity contribution is -0.139. The molecule has 0 aromatic heterocycles. The molecule has 0 saturated heterocycles. The van der Waals surface area contributed by atoms with Crippen molar-refractivity contribution in [3.63, 3.8) is 0 Å². The van der Waals surface area contributed by atoms with E-state index in [0.717, 1.165) is 5.56 Å². The summed E-state index contributed by atoms with van der Waals surface area (Å²) in [5.74, 6) is 2.03. The predicted octanol–water partition coefficient (Wildman–Crippen LogP) is 2.49. The van der Waals surface area contributed by atoms with Gasteiger partial charge < -0.3 is 4.74 Å². The number of carbonyl (C=O) groups excluding carboxylic acids is 1. The molecule has 0 bridgehead atoms. The van der Waals surface area contributed by atoms with Crippen LogP contribution in [0.4, 0.5) is 5.69 Å². The van der Waals surface area contributed by atoms with E-state index in [-0.39, 0.29) is 17.0 Å². The molecule has 0 aliphatic heterocycles. The fourth-order valence-corrected chi connectivity index (χ4v) is 3.15. The maximum absolute atomic E-state index is 12.4. The molecule has 2 aromatic carbocycles. The van der Waals surface area contributed by atoms with Crippen LogP contribution in [-0.4, -0.2) is 21.5 Å². The Labute approximate surface area is 141 Å². The summed E-state index contributed by atoms with van der Waals surface area (Å²) in [4.78, 5) is 11.5. The molecule has 0 unspecified atom stereocenters. The molecule has 5 nitrogen and oxygen atoms in total. The van der Waals surface area contributed by atoms with Gasteiger partial charge in [-0.15, -0.1) is 6.42 Å². The number of carbonyl (C=O) groups is 1. The van der Waals surface area contributed by atoms with Gasteiger partial charge >= 0.3 is 5.97 Å². The molecule has 0 spiro atoms. The highest BCUT2D eigenvalue weighted by atomic mass is 32.2. The van der Waals surface area contributed by atoms with Crippen molar-refractivity contribution in [2.75, 3.05) is 11.8 Å². The average Bonchev–Trinajstić information content (AvgIpc) is 2.56. The van der Waals surface area contributed by atoms with Crippen molar-refractivity contribution < 1.29 is 17.9 Å². The molecule has 124 valence electrons. The summed E-state index contributed by atoms with van der Waals surface area (Å²) >= 11 is 0. The number of anilines is 1. The van der Waals surface area contributed by atoms with Crippen LogP contribution in [0.3, 0.4) is 0 Å². The number of esters is 1. The van der Waals surface area contributed by atoms with Gasteiger partial charge in [-0.3, -0.25) is 9.52 Å². The van der Waals surface area contributed by atoms with Crippen LogP contribution in [0.15, 0.2) is 47.4 Å². The van der Waals surface area contributed by atoms with E-state index in [1.54, 1.807) is 30.3 Å². The van der Waals surface area contributed by atoms with Gasteiger partial charge in [-0.05, 0) is 36.8 Å². The maximum Gasteiger partial charge on any atom is 0.309 e. The van der Waals surface area contributed by atoms with Gasteiger partial charge in [0.2, 0.25) is 0 Å². The predicted molar refractivity (Wildman–Crippen MR) is 92.1 cm³/mol. The number of methoxy groups -OCH3 is 1. The maximum atomic E-state index is 12.4. The molecule has 0 saturated carbocycles. The van der Waals surface area contributed by atoms with Gasteiger partial charge in [0.25, 0.3) is 10.0 Å². The summed E-state index contributed by atoms with van der Waals surface area (Å²) in [5.41, 5.74) is 2.25. The van der Waals surface area contributed by atoms with Gasteiger partial charge in [0.1, 0.15) is 0 Å². The summed E-state index contributed by atoms with van der Waals surface area (Å²) in [5, 5.41) is 0. The first kappa shape index (κ1) is 17.6. The minimum absolute atomic E-state index is 0.0656. The third-order valence-electron chi connectivity index (χ3n) is 3.39. The third-order valence-corrected chi connectivity index (χ3v) is 4.77. The lowest BCUT2D eigenvalue weighted by Gasteiger charge is -2.11. The van der Waals surface area contributed by atoms with Crippen molar-refractivity contribution >= 4 is 21.7 Å². The van der Waals surface area contributed by atoms with Crippen molar-refractivity contribution in [1.29, 1.82) is 0 Å². The topological polar surface area (TPSA) is 72.5 Å². The molecule has 0 amide bonds. The summed E-state index contributed by atoms with van der Waals surface area (Å²) in [6, 6.07) is 11.2. The van der Waals surface area contributed by atoms with Crippen LogP contribution in [0, 0.1) is 19.3 Å². The van der Waals surface area contributed by atoms with E-state index in [0.29, 0.717) is 11.1 Å². The van der Waals surface area contributed by atoms with Crippen LogP contribution >= 0.6 is 0 Å². The Hall–Kier alpha value is -2.78. The molecule has 0 radical (unpaired) electrons. The molecule has 2 aromatic rings. The lowest BCUT2D eigenvalue weighted by Crippen LogP contribution is -2.14. The number of hydrogen-bond acceptors (Lipinski definition) is 4. The highest BCUT2D eigenvalue weighted by molar-refractivity contribution is 7.92. The fraction of sp³-hybridized carbons (Fsp3) is 0.167. The van der Waals surface area contributed by atoms with Gasteiger partial charge in [0, 0.05) is 5.56 Å². The van der Waals surface area contributed by atoms with Crippen LogP contribution < -0.4 is 4.72 Å². The lowest BCUT2D eigenvalue weighted by atomic mass is 10.1. The van der Waals surface area contributed by atoms with Crippen LogP contribution in [0.25, 0.3) is 0 Å². The van der Waals surface area contributed by atoms with Crippen LogP contribution in [-0.2, 0) is 26.0 Å². The van der Waals surface area contributed by atoms with Crippen molar-refractivity contribution in [3.05, 3.63) is 59.2 Å². The Morgan fingerprint density at radius 3 is 2.46 bits per heavy atom. The fourth-order valence-electron chi connectivity index (χ4n) is 2.07. The summed E-state index contributed by atoms with van der Waals surface area (Å²) < 4.78 is 32.0. The molecule has 0 heterocycles. The summed E-state index contributed by atoms with van der Waals surface area (Å²) in [7, 11) is -2.44. The smallest absolute Gasteiger partial charge is 0.309 e. The molecule has 2 rings (SSSR count). The standard InChI is InChI=1S/C18H17NO4S/c1-4-15-11-14(12-18(20)23-3)7-10-17(15)19-24(21,22)16-8-5-13(2)6-9-16/h1,5-11,19H,12H2,2-3H3. The molecular formula is C18H17NO4S. The summed E-state index contributed by atoms with van der Waals surface area (Å²) in [6.45, 7) is 1.88. The zero-order valence-electron chi connectivity index (χ0n) is 13.4. The first-order chi connectivity index (χ1) is 11.4. The molecule has 0 aliphatic carbocycles. The van der Waals surface area contributed by atoms with E-state index in [1.165, 1.54) is 19.2 Å². The second kappa shape index (κ2) is 7.20. The molecule has 6 heteroatoms. The van der Waals surface area contributed by atoms with E-state index < -0.39 is 16.0 Å². The van der Waals surface area contributed by atoms with Crippen LogP contribution in [0.2, 0.25) is 0 Å². The minimum atomic E-state index is -3.74. The number of hydrogen-bond donors (Lipinski definition) is 1. The van der Waals surface area contributed by atoms with Crippen molar-refractivity contribution in [3.8, 4) is 12.3 Å². The number of aryl methyl sites for hydroxylation is 1. The van der Waals surface area contributed by atoms with Crippen molar-refractivity contribution in [1.82, 2.24) is 0 Å². The Balaban J connectivity index is 2.30. The number of terminal acetylenes is 1. The molecular weight excluding hydrogens is 326 g/mol. The quantitative estimate of drug-likeness (QED) is 0.669. The molecule has 0 aliphatic rings. The van der Waals surface area contributed by atoms with E-state index in [2.05, 4.69) is 15.4 Å². The molecule has 0 fully saturated rings.